The lowest BCUT2D eigenvalue weighted by molar-refractivity contribution is -0.236. The van der Waals surface area contributed by atoms with E-state index in [-0.39, 0.29) is 5.91 Å². The zero-order valence-electron chi connectivity index (χ0n) is 14.1. The zero-order valence-corrected chi connectivity index (χ0v) is 14.1. The molecule has 5 N–H and O–H groups in total. The fourth-order valence-electron chi connectivity index (χ4n) is 3.65. The summed E-state index contributed by atoms with van der Waals surface area (Å²) in [5.74, 6) is 0.537. The molecule has 2 fully saturated rings. The molecule has 0 aromatic carbocycles. The Bertz CT molecular complexity index is 385. The predicted molar refractivity (Wildman–Crippen MR) is 87.0 cm³/mol. The smallest absolute Gasteiger partial charge is 0.222 e. The summed E-state index contributed by atoms with van der Waals surface area (Å²) in [5.41, 5.74) is 0. The molecule has 0 aromatic heterocycles. The molecule has 1 heterocycles. The van der Waals surface area contributed by atoms with Crippen molar-refractivity contribution >= 4 is 5.91 Å². The lowest BCUT2D eigenvalue weighted by Gasteiger charge is -2.40. The van der Waals surface area contributed by atoms with E-state index in [0.29, 0.717) is 6.42 Å². The predicted octanol–water partition coefficient (Wildman–Crippen LogP) is 0.0432. The molecule has 24 heavy (non-hydrogen) atoms. The van der Waals surface area contributed by atoms with Crippen LogP contribution in [0.2, 0.25) is 0 Å². The number of hydrogen-bond acceptors (Lipinski definition) is 6. The summed E-state index contributed by atoms with van der Waals surface area (Å²) < 4.78 is 5.26. The SMILES string of the molecule is O=C(CCCCC1CCCCC1)N[C@@H]1O[C@H](CO)[C@H](O)[C@H](O)[C@H]1O. The third-order valence-electron chi connectivity index (χ3n) is 5.19. The van der Waals surface area contributed by atoms with Crippen LogP contribution in [0.25, 0.3) is 0 Å². The fourth-order valence-corrected chi connectivity index (χ4v) is 3.65. The summed E-state index contributed by atoms with van der Waals surface area (Å²) in [7, 11) is 0. The lowest BCUT2D eigenvalue weighted by atomic mass is 9.85. The Balaban J connectivity index is 1.67. The number of rotatable bonds is 7. The maximum absolute atomic E-state index is 12.0. The second-order valence-corrected chi connectivity index (χ2v) is 7.07. The highest BCUT2D eigenvalue weighted by Gasteiger charge is 2.43. The van der Waals surface area contributed by atoms with Crippen molar-refractivity contribution in [3.63, 3.8) is 0 Å². The van der Waals surface area contributed by atoms with Gasteiger partial charge in [0, 0.05) is 6.42 Å². The van der Waals surface area contributed by atoms with Gasteiger partial charge in [-0.05, 0) is 12.3 Å². The van der Waals surface area contributed by atoms with Crippen molar-refractivity contribution < 1.29 is 30.0 Å². The fraction of sp³-hybridized carbons (Fsp3) is 0.941. The van der Waals surface area contributed by atoms with Gasteiger partial charge < -0.3 is 30.5 Å². The Hall–Kier alpha value is -0.730. The topological polar surface area (TPSA) is 119 Å². The molecule has 7 heteroatoms. The molecule has 0 aromatic rings. The number of unbranched alkanes of at least 4 members (excludes halogenated alkanes) is 1. The van der Waals surface area contributed by atoms with Crippen LogP contribution >= 0.6 is 0 Å². The van der Waals surface area contributed by atoms with Crippen molar-refractivity contribution in [1.82, 2.24) is 5.32 Å². The van der Waals surface area contributed by atoms with Gasteiger partial charge in [0.2, 0.25) is 5.91 Å². The number of aliphatic hydroxyl groups is 4. The second kappa shape index (κ2) is 9.68. The van der Waals surface area contributed by atoms with Crippen LogP contribution < -0.4 is 5.32 Å². The first-order valence-electron chi connectivity index (χ1n) is 9.12. The van der Waals surface area contributed by atoms with Gasteiger partial charge in [0.15, 0.2) is 6.23 Å². The van der Waals surface area contributed by atoms with E-state index in [1.807, 2.05) is 0 Å². The third-order valence-corrected chi connectivity index (χ3v) is 5.19. The first-order chi connectivity index (χ1) is 11.5. The molecule has 0 unspecified atom stereocenters. The first-order valence-corrected chi connectivity index (χ1v) is 9.12. The third kappa shape index (κ3) is 5.39. The Kier molecular flexibility index (Phi) is 7.90. The monoisotopic (exact) mass is 345 g/mol. The molecule has 140 valence electrons. The molecule has 1 saturated carbocycles. The molecule has 1 aliphatic heterocycles. The number of amides is 1. The Labute approximate surface area is 143 Å². The number of hydrogen-bond donors (Lipinski definition) is 5. The summed E-state index contributed by atoms with van der Waals surface area (Å²) in [4.78, 5) is 12.0. The normalized spacial score (nSPS) is 34.9. The quantitative estimate of drug-likeness (QED) is 0.416. The van der Waals surface area contributed by atoms with Gasteiger partial charge >= 0.3 is 0 Å². The van der Waals surface area contributed by atoms with Gasteiger partial charge in [-0.2, -0.15) is 0 Å². The molecular weight excluding hydrogens is 314 g/mol. The van der Waals surface area contributed by atoms with Gasteiger partial charge in [-0.3, -0.25) is 4.79 Å². The highest BCUT2D eigenvalue weighted by atomic mass is 16.6. The van der Waals surface area contributed by atoms with Crippen LogP contribution in [0.4, 0.5) is 0 Å². The standard InChI is InChI=1S/C17H31NO6/c19-10-12-14(21)15(22)16(23)17(24-12)18-13(20)9-5-4-8-11-6-2-1-3-7-11/h11-12,14-17,19,21-23H,1-10H2,(H,18,20)/t12-,14+,15+,16-,17-/m1/s1. The highest BCUT2D eigenvalue weighted by molar-refractivity contribution is 5.76. The van der Waals surface area contributed by atoms with Crippen molar-refractivity contribution in [2.24, 2.45) is 5.92 Å². The van der Waals surface area contributed by atoms with Crippen LogP contribution in [-0.4, -0.2) is 63.6 Å². The van der Waals surface area contributed by atoms with E-state index in [1.54, 1.807) is 0 Å². The van der Waals surface area contributed by atoms with Crippen LogP contribution in [0.3, 0.4) is 0 Å². The van der Waals surface area contributed by atoms with E-state index < -0.39 is 37.3 Å². The average molecular weight is 345 g/mol. The van der Waals surface area contributed by atoms with Crippen LogP contribution in [0.1, 0.15) is 57.8 Å². The van der Waals surface area contributed by atoms with E-state index in [4.69, 9.17) is 9.84 Å². The Morgan fingerprint density at radius 3 is 2.38 bits per heavy atom. The molecular formula is C17H31NO6. The zero-order chi connectivity index (χ0) is 17.5. The van der Waals surface area contributed by atoms with E-state index in [9.17, 15) is 20.1 Å². The van der Waals surface area contributed by atoms with Crippen LogP contribution in [0.15, 0.2) is 0 Å². The number of carbonyl (C=O) groups is 1. The Morgan fingerprint density at radius 1 is 1.00 bits per heavy atom. The minimum absolute atomic E-state index is 0.261. The van der Waals surface area contributed by atoms with Crippen LogP contribution in [0.5, 0.6) is 0 Å². The van der Waals surface area contributed by atoms with Crippen molar-refractivity contribution in [2.45, 2.75) is 88.4 Å². The van der Waals surface area contributed by atoms with Crippen molar-refractivity contribution in [1.29, 1.82) is 0 Å². The number of ether oxygens (including phenoxy) is 1. The van der Waals surface area contributed by atoms with Gasteiger partial charge in [0.25, 0.3) is 0 Å². The van der Waals surface area contributed by atoms with Gasteiger partial charge in [-0.25, -0.2) is 0 Å². The average Bonchev–Trinajstić information content (AvgIpc) is 2.60. The van der Waals surface area contributed by atoms with Gasteiger partial charge in [-0.1, -0.05) is 44.9 Å². The van der Waals surface area contributed by atoms with E-state index in [2.05, 4.69) is 5.32 Å². The number of aliphatic hydroxyl groups excluding tert-OH is 4. The second-order valence-electron chi connectivity index (χ2n) is 7.07. The molecule has 7 nitrogen and oxygen atoms in total. The van der Waals surface area contributed by atoms with Crippen molar-refractivity contribution in [3.8, 4) is 0 Å². The molecule has 1 amide bonds. The molecule has 5 atom stereocenters. The van der Waals surface area contributed by atoms with E-state index in [0.717, 1.165) is 25.2 Å². The maximum atomic E-state index is 12.0. The summed E-state index contributed by atoms with van der Waals surface area (Å²) in [6.45, 7) is -0.501. The minimum atomic E-state index is -1.47. The van der Waals surface area contributed by atoms with Gasteiger partial charge in [0.05, 0.1) is 6.61 Å². The summed E-state index contributed by atoms with van der Waals surface area (Å²) in [6.07, 6.45) is 3.46. The van der Waals surface area contributed by atoms with E-state index in [1.165, 1.54) is 32.1 Å². The molecule has 2 rings (SSSR count). The maximum Gasteiger partial charge on any atom is 0.222 e. The molecule has 2 aliphatic rings. The Morgan fingerprint density at radius 2 is 1.71 bits per heavy atom. The molecule has 1 aliphatic carbocycles. The van der Waals surface area contributed by atoms with Crippen LogP contribution in [0, 0.1) is 5.92 Å². The number of carbonyl (C=O) groups excluding carboxylic acids is 1. The van der Waals surface area contributed by atoms with Gasteiger partial charge in [0.1, 0.15) is 24.4 Å². The van der Waals surface area contributed by atoms with Crippen LogP contribution in [-0.2, 0) is 9.53 Å². The molecule has 1 saturated heterocycles. The summed E-state index contributed by atoms with van der Waals surface area (Å²) in [5, 5.41) is 40.9. The summed E-state index contributed by atoms with van der Waals surface area (Å²) >= 11 is 0. The largest absolute Gasteiger partial charge is 0.394 e. The van der Waals surface area contributed by atoms with Crippen molar-refractivity contribution in [2.75, 3.05) is 6.61 Å². The molecule has 0 bridgehead atoms. The first kappa shape index (κ1) is 19.6. The van der Waals surface area contributed by atoms with Gasteiger partial charge in [-0.15, -0.1) is 0 Å². The van der Waals surface area contributed by atoms with E-state index >= 15 is 0 Å². The van der Waals surface area contributed by atoms with Crippen molar-refractivity contribution in [3.05, 3.63) is 0 Å². The minimum Gasteiger partial charge on any atom is -0.394 e. The highest BCUT2D eigenvalue weighted by Crippen LogP contribution is 2.28. The number of nitrogens with one attached hydrogen (secondary N) is 1. The molecule has 0 spiro atoms. The lowest BCUT2D eigenvalue weighted by Crippen LogP contribution is -2.63. The summed E-state index contributed by atoms with van der Waals surface area (Å²) in [6, 6.07) is 0. The molecule has 0 radical (unpaired) electrons.